The van der Waals surface area contributed by atoms with Gasteiger partial charge in [0.05, 0.1) is 15.3 Å². The molecule has 0 atom stereocenters. The fourth-order valence-corrected chi connectivity index (χ4v) is 6.19. The minimum atomic E-state index is -0.890. The minimum Gasteiger partial charge on any atom is -0.457 e. The highest BCUT2D eigenvalue weighted by Crippen LogP contribution is 2.51. The molecule has 0 saturated heterocycles. The molecule has 6 aromatic carbocycles. The van der Waals surface area contributed by atoms with Crippen LogP contribution in [0.5, 0.6) is 23.0 Å². The molecule has 9 nitrogen and oxygen atoms in total. The topological polar surface area (TPSA) is 122 Å². The van der Waals surface area contributed by atoms with Crippen LogP contribution < -0.4 is 9.47 Å². The summed E-state index contributed by atoms with van der Waals surface area (Å²) in [7, 11) is 0. The van der Waals surface area contributed by atoms with Crippen molar-refractivity contribution in [2.75, 3.05) is 0 Å². The van der Waals surface area contributed by atoms with Crippen molar-refractivity contribution in [2.24, 2.45) is 0 Å². The number of hydrogen-bond donors (Lipinski definition) is 0. The number of ether oxygens (including phenoxy) is 2. The molecule has 0 amide bonds. The molecule has 0 aliphatic heterocycles. The van der Waals surface area contributed by atoms with Crippen molar-refractivity contribution >= 4 is 17.2 Å². The summed E-state index contributed by atoms with van der Waals surface area (Å²) in [6.45, 7) is 0. The van der Waals surface area contributed by atoms with E-state index in [4.69, 9.17) is 9.47 Å². The maximum Gasteiger partial charge on any atom is 0.269 e. The zero-order valence-electron chi connectivity index (χ0n) is 24.6. The van der Waals surface area contributed by atoms with Crippen molar-refractivity contribution in [1.82, 2.24) is 0 Å². The Morgan fingerprint density at radius 3 is 1.11 bits per heavy atom. The summed E-state index contributed by atoms with van der Waals surface area (Å²) in [5.41, 5.74) is 3.71. The van der Waals surface area contributed by atoms with E-state index >= 15 is 0 Å². The van der Waals surface area contributed by atoms with Gasteiger partial charge in [-0.05, 0) is 70.8 Å². The van der Waals surface area contributed by atoms with Gasteiger partial charge in [0.2, 0.25) is 0 Å². The van der Waals surface area contributed by atoms with E-state index < -0.39 is 15.3 Å². The molecule has 0 bridgehead atoms. The lowest BCUT2D eigenvalue weighted by Crippen LogP contribution is -2.38. The third-order valence-electron chi connectivity index (χ3n) is 8.29. The van der Waals surface area contributed by atoms with Gasteiger partial charge in [0, 0.05) is 35.4 Å². The van der Waals surface area contributed by atoms with Crippen molar-refractivity contribution < 1.29 is 24.1 Å². The monoisotopic (exact) mass is 620 g/mol. The van der Waals surface area contributed by atoms with Gasteiger partial charge < -0.3 is 9.47 Å². The van der Waals surface area contributed by atoms with E-state index in [0.717, 1.165) is 22.3 Å². The highest BCUT2D eigenvalue weighted by molar-refractivity contribution is 6.14. The van der Waals surface area contributed by atoms with Crippen molar-refractivity contribution in [3.8, 4) is 23.0 Å². The van der Waals surface area contributed by atoms with Crippen molar-refractivity contribution in [3.63, 3.8) is 0 Å². The normalized spacial score (nSPS) is 12.8. The minimum absolute atomic E-state index is 0.0250. The number of ketones is 1. The first-order valence-corrected chi connectivity index (χ1v) is 14.6. The largest absolute Gasteiger partial charge is 0.457 e. The lowest BCUT2D eigenvalue weighted by atomic mass is 9.59. The summed E-state index contributed by atoms with van der Waals surface area (Å²) >= 11 is 0. The van der Waals surface area contributed by atoms with Crippen molar-refractivity contribution in [1.29, 1.82) is 0 Å². The molecule has 9 heteroatoms. The second-order valence-electron chi connectivity index (χ2n) is 10.9. The Hall–Kier alpha value is -6.61. The van der Waals surface area contributed by atoms with E-state index in [1.54, 1.807) is 24.3 Å². The maximum atomic E-state index is 13.8. The molecule has 0 heterocycles. The van der Waals surface area contributed by atoms with Crippen LogP contribution in [0.4, 0.5) is 11.4 Å². The maximum absolute atomic E-state index is 13.8. The van der Waals surface area contributed by atoms with Crippen LogP contribution in [0.25, 0.3) is 0 Å². The third-order valence-corrected chi connectivity index (χ3v) is 8.29. The summed E-state index contributed by atoms with van der Waals surface area (Å²) in [5.74, 6) is 1.94. The van der Waals surface area contributed by atoms with Gasteiger partial charge in [0.25, 0.3) is 11.4 Å². The smallest absolute Gasteiger partial charge is 0.269 e. The summed E-state index contributed by atoms with van der Waals surface area (Å²) < 4.78 is 12.0. The van der Waals surface area contributed by atoms with Crippen LogP contribution in [0.2, 0.25) is 0 Å². The second kappa shape index (κ2) is 11.7. The molecule has 0 fully saturated rings. The van der Waals surface area contributed by atoms with E-state index in [9.17, 15) is 25.0 Å². The number of nitrogens with zero attached hydrogens (tertiary/aromatic N) is 2. The molecule has 228 valence electrons. The number of carbonyl (C=O) groups excluding carboxylic acids is 1. The van der Waals surface area contributed by atoms with Crippen molar-refractivity contribution in [2.45, 2.75) is 5.41 Å². The average molecular weight is 621 g/mol. The molecule has 0 radical (unpaired) electrons. The molecule has 47 heavy (non-hydrogen) atoms. The zero-order chi connectivity index (χ0) is 32.5. The Morgan fingerprint density at radius 2 is 0.766 bits per heavy atom. The van der Waals surface area contributed by atoms with Crippen LogP contribution in [-0.4, -0.2) is 15.6 Å². The Kier molecular flexibility index (Phi) is 7.26. The van der Waals surface area contributed by atoms with E-state index in [-0.39, 0.29) is 17.2 Å². The Morgan fingerprint density at radius 1 is 0.447 bits per heavy atom. The molecule has 1 aliphatic rings. The SMILES string of the molecule is O=C1c2ccccc2C(c2ccc(Oc3ccc([N+](=O)[O-])cc3)cc2)(c2ccc(Oc3ccc([N+](=O)[O-])cc3)cc2)c2ccccc21. The number of nitro benzene ring substituents is 2. The van der Waals surface area contributed by atoms with Gasteiger partial charge in [-0.25, -0.2) is 0 Å². The third kappa shape index (κ3) is 5.15. The summed E-state index contributed by atoms with van der Waals surface area (Å²) in [4.78, 5) is 35.0. The van der Waals surface area contributed by atoms with E-state index in [0.29, 0.717) is 34.1 Å². The second-order valence-corrected chi connectivity index (χ2v) is 10.9. The van der Waals surface area contributed by atoms with Crippen LogP contribution in [-0.2, 0) is 5.41 Å². The molecule has 0 unspecified atom stereocenters. The number of rotatable bonds is 8. The first-order chi connectivity index (χ1) is 22.8. The van der Waals surface area contributed by atoms with Gasteiger partial charge in [-0.1, -0.05) is 72.8 Å². The molecular formula is C38H24N2O7. The fraction of sp³-hybridized carbons (Fsp3) is 0.0263. The summed E-state index contributed by atoms with van der Waals surface area (Å²) in [6, 6.07) is 42.2. The van der Waals surface area contributed by atoms with Gasteiger partial charge in [-0.15, -0.1) is 0 Å². The number of non-ortho nitro benzene ring substituents is 2. The van der Waals surface area contributed by atoms with Crippen LogP contribution in [0, 0.1) is 20.2 Å². The molecule has 0 aromatic heterocycles. The van der Waals surface area contributed by atoms with Crippen LogP contribution >= 0.6 is 0 Å². The molecule has 0 spiro atoms. The van der Waals surface area contributed by atoms with Crippen LogP contribution in [0.3, 0.4) is 0 Å². The fourth-order valence-electron chi connectivity index (χ4n) is 6.19. The quantitative estimate of drug-likeness (QED) is 0.123. The molecule has 1 aliphatic carbocycles. The number of hydrogen-bond acceptors (Lipinski definition) is 7. The number of carbonyl (C=O) groups is 1. The van der Waals surface area contributed by atoms with Crippen LogP contribution in [0.1, 0.15) is 38.2 Å². The zero-order valence-corrected chi connectivity index (χ0v) is 24.6. The predicted molar refractivity (Wildman–Crippen MR) is 175 cm³/mol. The average Bonchev–Trinajstić information content (AvgIpc) is 3.10. The van der Waals surface area contributed by atoms with E-state index in [1.807, 2.05) is 97.1 Å². The number of fused-ring (bicyclic) bond motifs is 2. The highest BCUT2D eigenvalue weighted by Gasteiger charge is 2.46. The lowest BCUT2D eigenvalue weighted by molar-refractivity contribution is -0.385. The molecule has 0 saturated carbocycles. The highest BCUT2D eigenvalue weighted by atomic mass is 16.6. The van der Waals surface area contributed by atoms with E-state index in [1.165, 1.54) is 24.3 Å². The molecular weight excluding hydrogens is 596 g/mol. The van der Waals surface area contributed by atoms with Crippen molar-refractivity contribution in [3.05, 3.63) is 199 Å². The van der Waals surface area contributed by atoms with Gasteiger partial charge in [0.1, 0.15) is 23.0 Å². The molecule has 0 N–H and O–H groups in total. The molecule has 7 rings (SSSR count). The Labute approximate surface area is 268 Å². The lowest BCUT2D eigenvalue weighted by Gasteiger charge is -2.41. The first-order valence-electron chi connectivity index (χ1n) is 14.6. The van der Waals surface area contributed by atoms with E-state index in [2.05, 4.69) is 0 Å². The van der Waals surface area contributed by atoms with Gasteiger partial charge >= 0.3 is 0 Å². The predicted octanol–water partition coefficient (Wildman–Crippen LogP) is 9.01. The van der Waals surface area contributed by atoms with Gasteiger partial charge in [0.15, 0.2) is 5.78 Å². The summed E-state index contributed by atoms with van der Waals surface area (Å²) in [5, 5.41) is 22.1. The van der Waals surface area contributed by atoms with Gasteiger partial charge in [-0.3, -0.25) is 25.0 Å². The first kappa shape index (κ1) is 29.1. The number of nitro groups is 2. The Bertz CT molecular complexity index is 1990. The Balaban J connectivity index is 1.32. The van der Waals surface area contributed by atoms with Crippen LogP contribution in [0.15, 0.2) is 146 Å². The summed E-state index contributed by atoms with van der Waals surface area (Å²) in [6.07, 6.45) is 0. The molecule has 6 aromatic rings. The number of benzene rings is 6. The standard InChI is InChI=1S/C38H24N2O7/c41-37-33-5-1-3-7-35(33)38(36-8-4-2-6-34(36)37,25-9-17-29(18-10-25)46-31-21-13-27(14-22-31)39(42)43)26-11-19-30(20-12-26)47-32-23-15-28(16-24-32)40(44)45/h1-24H. The van der Waals surface area contributed by atoms with Gasteiger partial charge in [-0.2, -0.15) is 0 Å².